The summed E-state index contributed by atoms with van der Waals surface area (Å²) in [4.78, 5) is 42.3. The molecule has 0 bridgehead atoms. The highest BCUT2D eigenvalue weighted by molar-refractivity contribution is 7.49. The van der Waals surface area contributed by atoms with E-state index < -0.39 is 31.0 Å². The number of nitrogens with one attached hydrogen (secondary N) is 1. The van der Waals surface area contributed by atoms with E-state index in [0.717, 1.165) is 12.2 Å². The maximum atomic E-state index is 12.3. The molecule has 9 heteroatoms. The van der Waals surface area contributed by atoms with Crippen LogP contribution in [0.25, 0.3) is 0 Å². The maximum Gasteiger partial charge on any atom is 0.427 e. The molecule has 1 atom stereocenters. The monoisotopic (exact) mass is 353 g/mol. The first-order valence-electron chi connectivity index (χ1n) is 6.96. The molecule has 8 nitrogen and oxygen atoms in total. The van der Waals surface area contributed by atoms with Crippen LogP contribution < -0.4 is 5.09 Å². The quantitative estimate of drug-likeness (QED) is 0.378. The Balaban J connectivity index is 2.15. The number of allylic oxidation sites excluding steroid dienone is 3. The Hall–Kier alpha value is -2.41. The number of rotatable bonds is 6. The third-order valence-corrected chi connectivity index (χ3v) is 3.91. The molecule has 0 saturated carbocycles. The van der Waals surface area contributed by atoms with Crippen molar-refractivity contribution < 1.29 is 34.2 Å². The van der Waals surface area contributed by atoms with Crippen LogP contribution in [-0.2, 0) is 20.6 Å². The van der Waals surface area contributed by atoms with Crippen molar-refractivity contribution in [2.24, 2.45) is 5.92 Å². The fourth-order valence-corrected chi connectivity index (χ4v) is 2.92. The van der Waals surface area contributed by atoms with Crippen molar-refractivity contribution in [2.45, 2.75) is 12.8 Å². The lowest BCUT2D eigenvalue weighted by Crippen LogP contribution is -2.33. The van der Waals surface area contributed by atoms with Gasteiger partial charge in [-0.1, -0.05) is 12.1 Å². The van der Waals surface area contributed by atoms with Crippen LogP contribution in [0, 0.1) is 5.92 Å². The zero-order valence-electron chi connectivity index (χ0n) is 12.4. The van der Waals surface area contributed by atoms with E-state index in [-0.39, 0.29) is 24.3 Å². The molecule has 0 radical (unpaired) electrons. The topological polar surface area (TPSA) is 144 Å². The lowest BCUT2D eigenvalue weighted by atomic mass is 9.88. The van der Waals surface area contributed by atoms with Crippen LogP contribution in [0.4, 0.5) is 0 Å². The van der Waals surface area contributed by atoms with E-state index >= 15 is 0 Å². The molecule has 0 aliphatic heterocycles. The summed E-state index contributed by atoms with van der Waals surface area (Å²) in [7, 11) is -4.74. The van der Waals surface area contributed by atoms with Gasteiger partial charge in [0.1, 0.15) is 23.2 Å². The Morgan fingerprint density at radius 2 is 1.92 bits per heavy atom. The molecule has 2 rings (SSSR count). The minimum atomic E-state index is -4.74. The van der Waals surface area contributed by atoms with Crippen LogP contribution >= 0.6 is 7.75 Å². The van der Waals surface area contributed by atoms with E-state index in [0.29, 0.717) is 5.56 Å². The predicted molar refractivity (Wildman–Crippen MR) is 83.9 cm³/mol. The highest BCUT2D eigenvalue weighted by Gasteiger charge is 2.34. The van der Waals surface area contributed by atoms with Gasteiger partial charge in [-0.15, -0.1) is 0 Å². The minimum absolute atomic E-state index is 0.0466. The van der Waals surface area contributed by atoms with Gasteiger partial charge in [0.05, 0.1) is 0 Å². The summed E-state index contributed by atoms with van der Waals surface area (Å²) in [6.07, 6.45) is 1.95. The number of hydrogen-bond donors (Lipinski definition) is 5. The Kier molecular flexibility index (Phi) is 5.23. The number of carbonyl (C=O) groups excluding carboxylic acids is 2. The van der Waals surface area contributed by atoms with Gasteiger partial charge >= 0.3 is 7.75 Å². The molecule has 0 saturated heterocycles. The van der Waals surface area contributed by atoms with Crippen molar-refractivity contribution in [3.63, 3.8) is 0 Å². The number of hydrogen-bond acceptors (Lipinski definition) is 5. The van der Waals surface area contributed by atoms with Gasteiger partial charge in [0, 0.05) is 24.3 Å². The summed E-state index contributed by atoms with van der Waals surface area (Å²) in [6, 6.07) is 6.27. The maximum absolute atomic E-state index is 12.3. The van der Waals surface area contributed by atoms with Crippen molar-refractivity contribution in [3.05, 3.63) is 53.4 Å². The first kappa shape index (κ1) is 17.9. The van der Waals surface area contributed by atoms with E-state index in [1.807, 2.05) is 0 Å². The van der Waals surface area contributed by atoms with Crippen molar-refractivity contribution in [1.29, 1.82) is 0 Å². The number of carbonyl (C=O) groups is 2. The van der Waals surface area contributed by atoms with Crippen LogP contribution in [-0.4, -0.2) is 31.6 Å². The Morgan fingerprint density at radius 3 is 2.54 bits per heavy atom. The van der Waals surface area contributed by atoms with Gasteiger partial charge in [0.15, 0.2) is 5.78 Å². The molecule has 1 aromatic rings. The largest absolute Gasteiger partial charge is 0.508 e. The number of aliphatic hydroxyl groups excluding tert-OH is 1. The summed E-state index contributed by atoms with van der Waals surface area (Å²) in [5.41, 5.74) is 0.340. The summed E-state index contributed by atoms with van der Waals surface area (Å²) in [5, 5.41) is 20.6. The molecule has 0 heterocycles. The zero-order chi connectivity index (χ0) is 17.9. The van der Waals surface area contributed by atoms with Gasteiger partial charge < -0.3 is 20.0 Å². The second-order valence-corrected chi connectivity index (χ2v) is 6.61. The number of aryl methyl sites for hydroxylation is 1. The van der Waals surface area contributed by atoms with Crippen LogP contribution in [0.1, 0.15) is 12.0 Å². The third-order valence-electron chi connectivity index (χ3n) is 3.36. The highest BCUT2D eigenvalue weighted by Crippen LogP contribution is 2.34. The van der Waals surface area contributed by atoms with Crippen LogP contribution in [0.5, 0.6) is 5.75 Å². The number of benzene rings is 1. The molecule has 1 aliphatic rings. The Bertz CT molecular complexity index is 778. The lowest BCUT2D eigenvalue weighted by molar-refractivity contribution is -0.129. The van der Waals surface area contributed by atoms with E-state index in [9.17, 15) is 24.4 Å². The van der Waals surface area contributed by atoms with Crippen LogP contribution in [0.3, 0.4) is 0 Å². The third kappa shape index (κ3) is 4.79. The molecule has 0 spiro atoms. The van der Waals surface area contributed by atoms with E-state index in [1.165, 1.54) is 12.1 Å². The summed E-state index contributed by atoms with van der Waals surface area (Å²) >= 11 is 0. The Morgan fingerprint density at radius 1 is 1.21 bits per heavy atom. The molecule has 1 unspecified atom stereocenters. The molecule has 24 heavy (non-hydrogen) atoms. The van der Waals surface area contributed by atoms with Crippen molar-refractivity contribution >= 4 is 19.3 Å². The lowest BCUT2D eigenvalue weighted by Gasteiger charge is -2.22. The number of phenols is 1. The van der Waals surface area contributed by atoms with Gasteiger partial charge in [-0.3, -0.25) is 14.7 Å². The summed E-state index contributed by atoms with van der Waals surface area (Å²) in [6.45, 7) is 0. The molecule has 0 aromatic heterocycles. The summed E-state index contributed by atoms with van der Waals surface area (Å²) in [5.74, 6) is -3.17. The second-order valence-electron chi connectivity index (χ2n) is 5.30. The van der Waals surface area contributed by atoms with E-state index in [4.69, 9.17) is 9.79 Å². The molecule has 1 aliphatic carbocycles. The van der Waals surface area contributed by atoms with Crippen molar-refractivity contribution in [1.82, 2.24) is 5.09 Å². The van der Waals surface area contributed by atoms with E-state index in [1.54, 1.807) is 17.2 Å². The molecule has 1 aromatic carbocycles. The van der Waals surface area contributed by atoms with Gasteiger partial charge in [0.25, 0.3) is 0 Å². The zero-order valence-corrected chi connectivity index (χ0v) is 13.3. The van der Waals surface area contributed by atoms with E-state index in [2.05, 4.69) is 0 Å². The average Bonchev–Trinajstić information content (AvgIpc) is 2.42. The Labute approximate surface area is 137 Å². The normalized spacial score (nSPS) is 17.9. The van der Waals surface area contributed by atoms with Gasteiger partial charge in [-0.2, -0.15) is 0 Å². The number of aliphatic hydroxyl groups is 1. The summed E-state index contributed by atoms with van der Waals surface area (Å²) < 4.78 is 11.1. The number of phenolic OH excluding ortho intramolecular Hbond substituents is 1. The second kappa shape index (κ2) is 7.00. The van der Waals surface area contributed by atoms with Crippen LogP contribution in [0.15, 0.2) is 47.9 Å². The number of aromatic hydroxyl groups is 1. The number of Topliss-reactive ketones (excluding diaryl/α,β-unsaturated/α-hetero) is 1. The first-order chi connectivity index (χ1) is 11.2. The molecular weight excluding hydrogens is 337 g/mol. The van der Waals surface area contributed by atoms with Crippen molar-refractivity contribution in [3.8, 4) is 5.75 Å². The number of ketones is 2. The van der Waals surface area contributed by atoms with Gasteiger partial charge in [-0.05, 0) is 24.1 Å². The van der Waals surface area contributed by atoms with Gasteiger partial charge in [0.2, 0.25) is 0 Å². The molecule has 5 N–H and O–H groups in total. The molecule has 0 amide bonds. The van der Waals surface area contributed by atoms with Gasteiger partial charge in [-0.25, -0.2) is 4.57 Å². The molecule has 0 fully saturated rings. The molecule has 128 valence electrons. The highest BCUT2D eigenvalue weighted by atomic mass is 31.2. The average molecular weight is 353 g/mol. The van der Waals surface area contributed by atoms with Crippen LogP contribution in [0.2, 0.25) is 0 Å². The van der Waals surface area contributed by atoms with Crippen molar-refractivity contribution in [2.75, 3.05) is 0 Å². The fourth-order valence-electron chi connectivity index (χ4n) is 2.39. The minimum Gasteiger partial charge on any atom is -0.508 e. The standard InChI is InChI=1S/C15H16NO7P/c17-10-3-1-2-9(6-10)4-5-13(19)15-12(16-24(21,22)23)7-11(18)8-14(15)20/h1-3,6-8,15,17-18H,4-5H2,(H3,16,21,22,23). The fraction of sp³-hybridized carbons (Fsp3) is 0.200. The first-order valence-corrected chi connectivity index (χ1v) is 8.57. The molecular formula is C15H16NO7P. The predicted octanol–water partition coefficient (Wildman–Crippen LogP) is 1.10. The smallest absolute Gasteiger partial charge is 0.427 e. The SMILES string of the molecule is O=C1C=C(O)C=C(NP(=O)(O)O)C1C(=O)CCc1cccc(O)c1.